The van der Waals surface area contributed by atoms with E-state index in [1.165, 1.54) is 17.0 Å². The van der Waals surface area contributed by atoms with Crippen LogP contribution in [0.15, 0.2) is 18.2 Å². The highest BCUT2D eigenvalue weighted by Crippen LogP contribution is 2.12. The first kappa shape index (κ1) is 14.6. The Balaban J connectivity index is 2.69. The largest absolute Gasteiger partial charge is 0.340 e. The Bertz CT molecular complexity index is 423. The van der Waals surface area contributed by atoms with E-state index in [-0.39, 0.29) is 18.0 Å². The van der Waals surface area contributed by atoms with Crippen LogP contribution in [0.25, 0.3) is 0 Å². The average molecular weight is 256 g/mol. The van der Waals surface area contributed by atoms with Crippen molar-refractivity contribution in [2.45, 2.75) is 32.4 Å². The van der Waals surface area contributed by atoms with Crippen LogP contribution in [0.2, 0.25) is 0 Å². The maximum Gasteiger partial charge on any atom is 0.239 e. The van der Waals surface area contributed by atoms with Crippen LogP contribution in [0.1, 0.15) is 25.3 Å². The van der Waals surface area contributed by atoms with Crippen molar-refractivity contribution in [3.8, 4) is 0 Å². The minimum atomic E-state index is -0.654. The zero-order valence-electron chi connectivity index (χ0n) is 10.6. The first-order valence-electron chi connectivity index (χ1n) is 5.90. The second kappa shape index (κ2) is 6.44. The maximum atomic E-state index is 13.4. The van der Waals surface area contributed by atoms with Crippen molar-refractivity contribution in [3.63, 3.8) is 0 Å². The van der Waals surface area contributed by atoms with E-state index < -0.39 is 17.7 Å². The molecule has 1 aromatic rings. The summed E-state index contributed by atoms with van der Waals surface area (Å²) < 4.78 is 26.1. The van der Waals surface area contributed by atoms with Crippen LogP contribution in [-0.4, -0.2) is 23.9 Å². The number of hydrogen-bond donors (Lipinski definition) is 1. The molecule has 18 heavy (non-hydrogen) atoms. The van der Waals surface area contributed by atoms with Crippen molar-refractivity contribution in [1.82, 2.24) is 4.90 Å². The Kier molecular flexibility index (Phi) is 5.22. The van der Waals surface area contributed by atoms with E-state index in [1.54, 1.807) is 7.05 Å². The van der Waals surface area contributed by atoms with Crippen LogP contribution in [-0.2, 0) is 11.3 Å². The molecule has 1 aromatic carbocycles. The molecule has 0 aliphatic carbocycles. The lowest BCUT2D eigenvalue weighted by Crippen LogP contribution is -2.41. The van der Waals surface area contributed by atoms with Gasteiger partial charge in [-0.05, 0) is 12.5 Å². The Morgan fingerprint density at radius 3 is 2.67 bits per heavy atom. The molecule has 1 rings (SSSR count). The number of nitrogens with zero attached hydrogens (tertiary/aromatic N) is 1. The molecule has 1 atom stereocenters. The van der Waals surface area contributed by atoms with Gasteiger partial charge in [-0.3, -0.25) is 4.79 Å². The molecule has 5 heteroatoms. The topological polar surface area (TPSA) is 46.3 Å². The maximum absolute atomic E-state index is 13.4. The SMILES string of the molecule is CCCC(N)C(=O)N(C)Cc1ccc(F)cc1F. The van der Waals surface area contributed by atoms with Crippen LogP contribution in [0.4, 0.5) is 8.78 Å². The lowest BCUT2D eigenvalue weighted by molar-refractivity contribution is -0.132. The molecular weight excluding hydrogens is 238 g/mol. The van der Waals surface area contributed by atoms with Crippen LogP contribution in [0.3, 0.4) is 0 Å². The zero-order valence-corrected chi connectivity index (χ0v) is 10.6. The summed E-state index contributed by atoms with van der Waals surface area (Å²) in [6, 6.07) is 2.74. The predicted octanol–water partition coefficient (Wildman–Crippen LogP) is 2.05. The fourth-order valence-electron chi connectivity index (χ4n) is 1.70. The van der Waals surface area contributed by atoms with Crippen LogP contribution >= 0.6 is 0 Å². The number of carbonyl (C=O) groups excluding carboxylic acids is 1. The first-order chi connectivity index (χ1) is 8.45. The van der Waals surface area contributed by atoms with Gasteiger partial charge in [0.2, 0.25) is 5.91 Å². The van der Waals surface area contributed by atoms with Crippen molar-refractivity contribution in [2.24, 2.45) is 5.73 Å². The summed E-state index contributed by atoms with van der Waals surface area (Å²) in [7, 11) is 1.56. The standard InChI is InChI=1S/C13H18F2N2O/c1-3-4-12(16)13(18)17(2)8-9-5-6-10(14)7-11(9)15/h5-7,12H,3-4,8,16H2,1-2H3. The molecule has 0 aliphatic rings. The number of carbonyl (C=O) groups is 1. The first-order valence-corrected chi connectivity index (χ1v) is 5.90. The third-order valence-electron chi connectivity index (χ3n) is 2.72. The van der Waals surface area contributed by atoms with E-state index in [2.05, 4.69) is 0 Å². The van der Waals surface area contributed by atoms with E-state index in [0.29, 0.717) is 6.42 Å². The Labute approximate surface area is 106 Å². The van der Waals surface area contributed by atoms with E-state index in [9.17, 15) is 13.6 Å². The molecule has 1 unspecified atom stereocenters. The van der Waals surface area contributed by atoms with E-state index in [0.717, 1.165) is 12.5 Å². The molecule has 0 aromatic heterocycles. The highest BCUT2D eigenvalue weighted by atomic mass is 19.1. The average Bonchev–Trinajstić information content (AvgIpc) is 2.32. The number of rotatable bonds is 5. The fourth-order valence-corrected chi connectivity index (χ4v) is 1.70. The van der Waals surface area contributed by atoms with Crippen molar-refractivity contribution in [1.29, 1.82) is 0 Å². The minimum absolute atomic E-state index is 0.0857. The molecule has 1 amide bonds. The van der Waals surface area contributed by atoms with Gasteiger partial charge in [-0.25, -0.2) is 8.78 Å². The van der Waals surface area contributed by atoms with Gasteiger partial charge in [0.15, 0.2) is 0 Å². The van der Waals surface area contributed by atoms with Gasteiger partial charge >= 0.3 is 0 Å². The van der Waals surface area contributed by atoms with Crippen LogP contribution in [0, 0.1) is 11.6 Å². The quantitative estimate of drug-likeness (QED) is 0.876. The monoisotopic (exact) mass is 256 g/mol. The third-order valence-corrected chi connectivity index (χ3v) is 2.72. The number of amides is 1. The molecule has 2 N–H and O–H groups in total. The lowest BCUT2D eigenvalue weighted by atomic mass is 10.1. The highest BCUT2D eigenvalue weighted by molar-refractivity contribution is 5.81. The van der Waals surface area contributed by atoms with Gasteiger partial charge in [-0.2, -0.15) is 0 Å². The third kappa shape index (κ3) is 3.77. The molecule has 0 aliphatic heterocycles. The molecule has 0 saturated heterocycles. The van der Waals surface area contributed by atoms with Gasteiger partial charge in [0.1, 0.15) is 11.6 Å². The Hall–Kier alpha value is -1.49. The minimum Gasteiger partial charge on any atom is -0.340 e. The summed E-state index contributed by atoms with van der Waals surface area (Å²) in [4.78, 5) is 13.2. The predicted molar refractivity (Wildman–Crippen MR) is 65.7 cm³/mol. The molecule has 0 spiro atoms. The molecule has 0 radical (unpaired) electrons. The molecule has 0 bridgehead atoms. The van der Waals surface area contributed by atoms with Gasteiger partial charge in [0.25, 0.3) is 0 Å². The highest BCUT2D eigenvalue weighted by Gasteiger charge is 2.18. The van der Waals surface area contributed by atoms with E-state index in [1.807, 2.05) is 6.92 Å². The summed E-state index contributed by atoms with van der Waals surface area (Å²) in [5.74, 6) is -1.52. The van der Waals surface area contributed by atoms with E-state index >= 15 is 0 Å². The number of likely N-dealkylation sites (N-methyl/N-ethyl adjacent to an activating group) is 1. The molecule has 100 valence electrons. The van der Waals surface area contributed by atoms with Gasteiger partial charge in [0, 0.05) is 25.2 Å². The number of benzene rings is 1. The summed E-state index contributed by atoms with van der Waals surface area (Å²) in [5, 5.41) is 0. The fraction of sp³-hybridized carbons (Fsp3) is 0.462. The summed E-state index contributed by atoms with van der Waals surface area (Å²) in [6.07, 6.45) is 1.40. The van der Waals surface area contributed by atoms with Crippen LogP contribution < -0.4 is 5.73 Å². The van der Waals surface area contributed by atoms with Crippen molar-refractivity contribution in [2.75, 3.05) is 7.05 Å². The summed E-state index contributed by atoms with van der Waals surface area (Å²) in [6.45, 7) is 2.02. The molecular formula is C13H18F2N2O. The normalized spacial score (nSPS) is 12.3. The van der Waals surface area contributed by atoms with Gasteiger partial charge in [-0.15, -0.1) is 0 Å². The Morgan fingerprint density at radius 2 is 2.11 bits per heavy atom. The number of hydrogen-bond acceptors (Lipinski definition) is 2. The second-order valence-corrected chi connectivity index (χ2v) is 4.33. The number of halogens is 2. The van der Waals surface area contributed by atoms with Gasteiger partial charge in [0.05, 0.1) is 6.04 Å². The second-order valence-electron chi connectivity index (χ2n) is 4.33. The Morgan fingerprint density at radius 1 is 1.44 bits per heavy atom. The van der Waals surface area contributed by atoms with Crippen LogP contribution in [0.5, 0.6) is 0 Å². The molecule has 0 saturated carbocycles. The van der Waals surface area contributed by atoms with Crippen molar-refractivity contribution < 1.29 is 13.6 Å². The van der Waals surface area contributed by atoms with Gasteiger partial charge in [-0.1, -0.05) is 19.4 Å². The van der Waals surface area contributed by atoms with E-state index in [4.69, 9.17) is 5.73 Å². The molecule has 0 fully saturated rings. The molecule has 3 nitrogen and oxygen atoms in total. The summed E-state index contributed by atoms with van der Waals surface area (Å²) in [5.41, 5.74) is 5.97. The lowest BCUT2D eigenvalue weighted by Gasteiger charge is -2.21. The summed E-state index contributed by atoms with van der Waals surface area (Å²) >= 11 is 0. The van der Waals surface area contributed by atoms with Crippen molar-refractivity contribution >= 4 is 5.91 Å². The molecule has 0 heterocycles. The van der Waals surface area contributed by atoms with Gasteiger partial charge < -0.3 is 10.6 Å². The smallest absolute Gasteiger partial charge is 0.239 e. The van der Waals surface area contributed by atoms with Crippen molar-refractivity contribution in [3.05, 3.63) is 35.4 Å². The zero-order chi connectivity index (χ0) is 13.7. The number of nitrogens with two attached hydrogens (primary N) is 1.